The average molecular weight is 631 g/mol. The number of carbonyl (C=O) groups is 1. The molecule has 21 heteroatoms. The third kappa shape index (κ3) is 6.14. The fraction of sp³-hybridized carbons (Fsp3) is 0. The number of aromatic nitrogens is 5. The van der Waals surface area contributed by atoms with Gasteiger partial charge in [0, 0.05) is 5.69 Å². The third-order valence-electron chi connectivity index (χ3n) is 4.80. The molecule has 17 nitrogen and oxygen atoms in total. The molecule has 0 aliphatic carbocycles. The van der Waals surface area contributed by atoms with Crippen molar-refractivity contribution in [3.63, 3.8) is 0 Å². The van der Waals surface area contributed by atoms with Gasteiger partial charge in [0.05, 0.1) is 5.69 Å². The van der Waals surface area contributed by atoms with Crippen LogP contribution < -0.4 is 10.9 Å². The predicted molar refractivity (Wildman–Crippen MR) is 137 cm³/mol. The summed E-state index contributed by atoms with van der Waals surface area (Å²) in [7, 11) is -9.81. The minimum atomic E-state index is -5.05. The summed E-state index contributed by atoms with van der Waals surface area (Å²) in [5, 5.41) is 20.9. The van der Waals surface area contributed by atoms with Crippen LogP contribution in [0.5, 0.6) is 0 Å². The summed E-state index contributed by atoms with van der Waals surface area (Å²) in [4.78, 5) is 34.4. The van der Waals surface area contributed by atoms with E-state index in [2.05, 4.69) is 35.6 Å². The maximum absolute atomic E-state index is 13.1. The number of nitrogens with zero attached hydrogens (tertiary/aromatic N) is 6. The zero-order chi connectivity index (χ0) is 29.4. The average Bonchev–Trinajstić information content (AvgIpc) is 3.17. The van der Waals surface area contributed by atoms with Crippen molar-refractivity contribution < 1.29 is 35.8 Å². The van der Waals surface area contributed by atoms with Crippen LogP contribution in [0.2, 0.25) is 10.6 Å². The van der Waals surface area contributed by atoms with Gasteiger partial charge in [-0.05, 0) is 53.5 Å². The lowest BCUT2D eigenvalue weighted by atomic mass is 10.3. The molecule has 2 heterocycles. The van der Waals surface area contributed by atoms with E-state index in [1.54, 1.807) is 0 Å². The van der Waals surface area contributed by atoms with Gasteiger partial charge >= 0.3 is 5.97 Å². The van der Waals surface area contributed by atoms with E-state index in [-0.39, 0.29) is 22.2 Å². The largest absolute Gasteiger partial charge is 0.476 e. The fourth-order valence-corrected chi connectivity index (χ4v) is 4.88. The number of carboxylic acid groups (broad SMARTS) is 1. The lowest BCUT2D eigenvalue weighted by molar-refractivity contribution is 0.0690. The summed E-state index contributed by atoms with van der Waals surface area (Å²) < 4.78 is 67.2. The van der Waals surface area contributed by atoms with E-state index in [4.69, 9.17) is 23.2 Å². The molecule has 0 saturated heterocycles. The van der Waals surface area contributed by atoms with Crippen LogP contribution in [-0.2, 0) is 20.2 Å². The highest BCUT2D eigenvalue weighted by molar-refractivity contribution is 7.86. The lowest BCUT2D eigenvalue weighted by Crippen LogP contribution is -2.17. The molecule has 0 saturated carbocycles. The first-order valence-electron chi connectivity index (χ1n) is 10.2. The molecule has 0 aliphatic rings. The molecule has 0 radical (unpaired) electrons. The van der Waals surface area contributed by atoms with E-state index in [0.717, 1.165) is 24.3 Å². The number of azo groups is 1. The van der Waals surface area contributed by atoms with Crippen molar-refractivity contribution in [2.24, 2.45) is 10.2 Å². The molecule has 0 atom stereocenters. The van der Waals surface area contributed by atoms with E-state index < -0.39 is 64.3 Å². The summed E-state index contributed by atoms with van der Waals surface area (Å²) in [5.74, 6) is -1.92. The first-order chi connectivity index (χ1) is 18.6. The number of benzene rings is 2. The number of halogens is 2. The van der Waals surface area contributed by atoms with Crippen molar-refractivity contribution in [1.82, 2.24) is 24.7 Å². The maximum atomic E-state index is 13.1. The van der Waals surface area contributed by atoms with E-state index in [9.17, 15) is 40.6 Å². The second-order valence-electron chi connectivity index (χ2n) is 7.40. The molecule has 208 valence electrons. The minimum Gasteiger partial charge on any atom is -0.476 e. The van der Waals surface area contributed by atoms with Crippen LogP contribution in [0.15, 0.2) is 67.3 Å². The molecular weight excluding hydrogens is 619 g/mol. The Bertz CT molecular complexity index is 1960. The highest BCUT2D eigenvalue weighted by atomic mass is 35.5. The molecule has 40 heavy (non-hydrogen) atoms. The second kappa shape index (κ2) is 10.7. The quantitative estimate of drug-likeness (QED) is 0.139. The number of rotatable bonds is 8. The molecule has 0 bridgehead atoms. The summed E-state index contributed by atoms with van der Waals surface area (Å²) >= 11 is 11.4. The Labute approximate surface area is 232 Å². The fourth-order valence-electron chi connectivity index (χ4n) is 3.20. The van der Waals surface area contributed by atoms with E-state index in [1.165, 1.54) is 18.2 Å². The zero-order valence-corrected chi connectivity index (χ0v) is 22.2. The normalized spacial score (nSPS) is 12.1. The van der Waals surface area contributed by atoms with Crippen LogP contribution in [0, 0.1) is 0 Å². The van der Waals surface area contributed by atoms with Crippen molar-refractivity contribution in [2.75, 3.05) is 5.32 Å². The van der Waals surface area contributed by atoms with Crippen LogP contribution in [-0.4, -0.2) is 61.7 Å². The third-order valence-corrected chi connectivity index (χ3v) is 6.92. The first kappa shape index (κ1) is 28.7. The molecule has 5 N–H and O–H groups in total. The Morgan fingerprint density at radius 1 is 0.925 bits per heavy atom. The first-order valence-corrected chi connectivity index (χ1v) is 13.8. The topological polar surface area (TPSA) is 259 Å². The number of nitrogens with one attached hydrogen (secondary N) is 2. The SMILES string of the molecule is O=C(O)c1[nH]n(-c2ccc(Nc3nc(Cl)nc(Cl)n3)cc2S(=O)(=O)O)c(=O)c1N=Nc1ccccc1S(=O)(=O)O. The summed E-state index contributed by atoms with van der Waals surface area (Å²) in [6.45, 7) is 0. The van der Waals surface area contributed by atoms with Gasteiger partial charge in [-0.3, -0.25) is 19.0 Å². The molecule has 2 aromatic carbocycles. The van der Waals surface area contributed by atoms with Gasteiger partial charge in [0.15, 0.2) is 11.4 Å². The molecule has 2 aromatic heterocycles. The van der Waals surface area contributed by atoms with Crippen molar-refractivity contribution in [3.05, 3.63) is 69.1 Å². The van der Waals surface area contributed by atoms with Gasteiger partial charge < -0.3 is 10.4 Å². The van der Waals surface area contributed by atoms with Gasteiger partial charge in [0.2, 0.25) is 16.5 Å². The second-order valence-corrected chi connectivity index (χ2v) is 10.9. The van der Waals surface area contributed by atoms with Crippen LogP contribution in [0.1, 0.15) is 10.5 Å². The standard InChI is InChI=1S/C19H12Cl2N8O9S2/c20-17-23-18(21)25-19(24-17)22-8-5-6-10(12(7-8)40(36,37)38)29-15(30)13(14(28-29)16(31)32)27-26-9-3-1-2-4-11(9)39(33,34)35/h1-7,28H,(H,31,32)(H,33,34,35)(H,36,37,38)(H,22,23,24,25). The summed E-state index contributed by atoms with van der Waals surface area (Å²) in [6.07, 6.45) is 0. The van der Waals surface area contributed by atoms with Crippen molar-refractivity contribution in [3.8, 4) is 5.69 Å². The summed E-state index contributed by atoms with van der Waals surface area (Å²) in [6, 6.07) is 7.82. The van der Waals surface area contributed by atoms with Gasteiger partial charge in [-0.1, -0.05) is 12.1 Å². The minimum absolute atomic E-state index is 0.0329. The van der Waals surface area contributed by atoms with Crippen LogP contribution in [0.25, 0.3) is 5.69 Å². The van der Waals surface area contributed by atoms with E-state index >= 15 is 0 Å². The van der Waals surface area contributed by atoms with E-state index in [1.807, 2.05) is 0 Å². The molecular formula is C19H12Cl2N8O9S2. The molecule has 0 spiro atoms. The smallest absolute Gasteiger partial charge is 0.356 e. The number of aromatic amines is 1. The van der Waals surface area contributed by atoms with Gasteiger partial charge in [-0.2, -0.15) is 31.8 Å². The Morgan fingerprint density at radius 3 is 2.15 bits per heavy atom. The molecule has 4 rings (SSSR count). The van der Waals surface area contributed by atoms with Crippen molar-refractivity contribution >= 4 is 72.4 Å². The Morgan fingerprint density at radius 2 is 1.55 bits per heavy atom. The number of H-pyrrole nitrogens is 1. The van der Waals surface area contributed by atoms with Crippen molar-refractivity contribution in [1.29, 1.82) is 0 Å². The van der Waals surface area contributed by atoms with Crippen molar-refractivity contribution in [2.45, 2.75) is 9.79 Å². The highest BCUT2D eigenvalue weighted by Crippen LogP contribution is 2.28. The van der Waals surface area contributed by atoms with E-state index in [0.29, 0.717) is 4.68 Å². The Kier molecular flexibility index (Phi) is 7.70. The Balaban J connectivity index is 1.84. The number of anilines is 2. The molecule has 0 fully saturated rings. The van der Waals surface area contributed by atoms with Crippen LogP contribution in [0.3, 0.4) is 0 Å². The number of hydrogen-bond acceptors (Lipinski definition) is 12. The highest BCUT2D eigenvalue weighted by Gasteiger charge is 2.26. The lowest BCUT2D eigenvalue weighted by Gasteiger charge is -2.11. The molecule has 0 amide bonds. The van der Waals surface area contributed by atoms with Crippen LogP contribution >= 0.6 is 23.2 Å². The maximum Gasteiger partial charge on any atom is 0.356 e. The monoisotopic (exact) mass is 630 g/mol. The number of carboxylic acids is 1. The van der Waals surface area contributed by atoms with Gasteiger partial charge in [0.25, 0.3) is 25.8 Å². The van der Waals surface area contributed by atoms with Crippen LogP contribution in [0.4, 0.5) is 23.0 Å². The zero-order valence-electron chi connectivity index (χ0n) is 19.1. The van der Waals surface area contributed by atoms with Gasteiger partial charge in [-0.25, -0.2) is 9.48 Å². The summed E-state index contributed by atoms with van der Waals surface area (Å²) in [5.41, 5.74) is -3.97. The number of aromatic carboxylic acids is 1. The van der Waals surface area contributed by atoms with Gasteiger partial charge in [-0.15, -0.1) is 10.2 Å². The predicted octanol–water partition coefficient (Wildman–Crippen LogP) is 3.01. The molecule has 0 unspecified atom stereocenters. The van der Waals surface area contributed by atoms with Gasteiger partial charge in [0.1, 0.15) is 15.5 Å². The molecule has 0 aliphatic heterocycles. The molecule has 4 aromatic rings. The Hall–Kier alpha value is -4.27. The number of hydrogen-bond donors (Lipinski definition) is 5.